The van der Waals surface area contributed by atoms with Gasteiger partial charge in [0.2, 0.25) is 0 Å². The maximum Gasteiger partial charge on any atom is 0.0415 e. The van der Waals surface area contributed by atoms with E-state index in [1.807, 2.05) is 0 Å². The van der Waals surface area contributed by atoms with Crippen molar-refractivity contribution in [2.24, 2.45) is 5.73 Å². The van der Waals surface area contributed by atoms with Gasteiger partial charge in [0.25, 0.3) is 0 Å². The molecule has 1 saturated heterocycles. The van der Waals surface area contributed by atoms with Gasteiger partial charge in [0.1, 0.15) is 0 Å². The highest BCUT2D eigenvalue weighted by Gasteiger charge is 2.20. The van der Waals surface area contributed by atoms with Crippen molar-refractivity contribution in [2.45, 2.75) is 32.1 Å². The van der Waals surface area contributed by atoms with Crippen LogP contribution in [-0.4, -0.2) is 24.1 Å². The lowest BCUT2D eigenvalue weighted by Gasteiger charge is -2.35. The van der Waals surface area contributed by atoms with Crippen LogP contribution in [0.3, 0.4) is 0 Å². The van der Waals surface area contributed by atoms with E-state index in [-0.39, 0.29) is 0 Å². The van der Waals surface area contributed by atoms with E-state index in [4.69, 9.17) is 5.73 Å². The minimum atomic E-state index is 0.635. The molecule has 1 atom stereocenters. The van der Waals surface area contributed by atoms with E-state index in [1.54, 1.807) is 0 Å². The number of hydrogen-bond acceptors (Lipinski definition) is 3. The van der Waals surface area contributed by atoms with Gasteiger partial charge in [-0.25, -0.2) is 0 Å². The number of aryl methyl sites for hydroxylation is 1. The first kappa shape index (κ1) is 12.8. The summed E-state index contributed by atoms with van der Waals surface area (Å²) < 4.78 is 0. The van der Waals surface area contributed by atoms with Crippen LogP contribution >= 0.6 is 11.8 Å². The van der Waals surface area contributed by atoms with Crippen LogP contribution in [0, 0.1) is 6.92 Å². The van der Waals surface area contributed by atoms with Crippen molar-refractivity contribution in [3.05, 3.63) is 29.3 Å². The normalized spacial score (nSPS) is 20.6. The Bertz CT molecular complexity index is 378. The molecular weight excluding hydrogens is 228 g/mol. The van der Waals surface area contributed by atoms with Crippen LogP contribution in [0.5, 0.6) is 0 Å². The number of anilines is 1. The van der Waals surface area contributed by atoms with Gasteiger partial charge in [-0.15, -0.1) is 0 Å². The smallest absolute Gasteiger partial charge is 0.0415 e. The van der Waals surface area contributed by atoms with E-state index in [9.17, 15) is 0 Å². The zero-order valence-electron chi connectivity index (χ0n) is 10.8. The lowest BCUT2D eigenvalue weighted by Crippen LogP contribution is -2.38. The van der Waals surface area contributed by atoms with Gasteiger partial charge in [0.15, 0.2) is 0 Å². The topological polar surface area (TPSA) is 29.3 Å². The molecule has 0 amide bonds. The quantitative estimate of drug-likeness (QED) is 0.894. The first-order valence-electron chi connectivity index (χ1n) is 6.40. The van der Waals surface area contributed by atoms with Crippen LogP contribution in [0.4, 0.5) is 5.69 Å². The highest BCUT2D eigenvalue weighted by molar-refractivity contribution is 8.00. The van der Waals surface area contributed by atoms with Crippen LogP contribution < -0.4 is 10.6 Å². The van der Waals surface area contributed by atoms with Gasteiger partial charge in [0, 0.05) is 36.3 Å². The largest absolute Gasteiger partial charge is 0.369 e. The van der Waals surface area contributed by atoms with Crippen molar-refractivity contribution < 1.29 is 0 Å². The Morgan fingerprint density at radius 1 is 1.47 bits per heavy atom. The summed E-state index contributed by atoms with van der Waals surface area (Å²) in [6, 6.07) is 6.61. The van der Waals surface area contributed by atoms with Crippen molar-refractivity contribution in [3.8, 4) is 0 Å². The SMILES string of the molecule is CCC1CN(c2cc(C)ccc2CN)CCS1. The maximum atomic E-state index is 5.84. The number of thioether (sulfide) groups is 1. The molecule has 3 heteroatoms. The minimum absolute atomic E-state index is 0.635. The van der Waals surface area contributed by atoms with E-state index in [0.29, 0.717) is 6.54 Å². The zero-order valence-corrected chi connectivity index (χ0v) is 11.6. The standard InChI is InChI=1S/C14H22N2S/c1-3-13-10-16(6-7-17-13)14-8-11(2)4-5-12(14)9-15/h4-5,8,13H,3,6-7,9-10,15H2,1-2H3. The van der Waals surface area contributed by atoms with E-state index in [0.717, 1.165) is 18.3 Å². The molecule has 2 N–H and O–H groups in total. The molecule has 94 valence electrons. The zero-order chi connectivity index (χ0) is 12.3. The third kappa shape index (κ3) is 2.96. The molecule has 0 aliphatic carbocycles. The molecule has 1 heterocycles. The third-order valence-electron chi connectivity index (χ3n) is 3.40. The Morgan fingerprint density at radius 3 is 3.00 bits per heavy atom. The van der Waals surface area contributed by atoms with Crippen LogP contribution in [-0.2, 0) is 6.54 Å². The molecule has 0 aromatic heterocycles. The Hall–Kier alpha value is -0.670. The second-order valence-electron chi connectivity index (χ2n) is 4.68. The van der Waals surface area contributed by atoms with Crippen LogP contribution in [0.2, 0.25) is 0 Å². The van der Waals surface area contributed by atoms with Crippen molar-refractivity contribution in [3.63, 3.8) is 0 Å². The summed E-state index contributed by atoms with van der Waals surface area (Å²) in [6.07, 6.45) is 1.25. The monoisotopic (exact) mass is 250 g/mol. The number of nitrogens with zero attached hydrogens (tertiary/aromatic N) is 1. The van der Waals surface area contributed by atoms with Gasteiger partial charge in [-0.05, 0) is 30.5 Å². The summed E-state index contributed by atoms with van der Waals surface area (Å²) in [5, 5.41) is 0.773. The predicted octanol–water partition coefficient (Wildman–Crippen LogP) is 2.79. The molecule has 1 fully saturated rings. The van der Waals surface area contributed by atoms with Crippen molar-refractivity contribution in [1.29, 1.82) is 0 Å². The maximum absolute atomic E-state index is 5.84. The minimum Gasteiger partial charge on any atom is -0.369 e. The van der Waals surface area contributed by atoms with E-state index in [2.05, 4.69) is 48.7 Å². The molecule has 1 aliphatic rings. The van der Waals surface area contributed by atoms with E-state index < -0.39 is 0 Å². The van der Waals surface area contributed by atoms with Crippen molar-refractivity contribution in [2.75, 3.05) is 23.7 Å². The predicted molar refractivity (Wildman–Crippen MR) is 77.8 cm³/mol. The van der Waals surface area contributed by atoms with Gasteiger partial charge in [-0.1, -0.05) is 19.1 Å². The van der Waals surface area contributed by atoms with Crippen LogP contribution in [0.25, 0.3) is 0 Å². The molecule has 0 saturated carbocycles. The molecule has 1 aliphatic heterocycles. The number of nitrogens with two attached hydrogens (primary N) is 1. The molecule has 2 nitrogen and oxygen atoms in total. The summed E-state index contributed by atoms with van der Waals surface area (Å²) in [7, 11) is 0. The molecule has 0 bridgehead atoms. The fourth-order valence-electron chi connectivity index (χ4n) is 2.33. The Labute approximate surface area is 109 Å². The first-order chi connectivity index (χ1) is 8.24. The lowest BCUT2D eigenvalue weighted by atomic mass is 10.1. The summed E-state index contributed by atoms with van der Waals surface area (Å²) >= 11 is 2.11. The first-order valence-corrected chi connectivity index (χ1v) is 7.45. The second kappa shape index (κ2) is 5.78. The highest BCUT2D eigenvalue weighted by Crippen LogP contribution is 2.28. The fourth-order valence-corrected chi connectivity index (χ4v) is 3.51. The summed E-state index contributed by atoms with van der Waals surface area (Å²) in [5.41, 5.74) is 9.79. The van der Waals surface area contributed by atoms with Gasteiger partial charge in [-0.3, -0.25) is 0 Å². The molecule has 0 radical (unpaired) electrons. The fraction of sp³-hybridized carbons (Fsp3) is 0.571. The average Bonchev–Trinajstić information content (AvgIpc) is 2.39. The lowest BCUT2D eigenvalue weighted by molar-refractivity contribution is 0.724. The molecule has 2 rings (SSSR count). The van der Waals surface area contributed by atoms with Gasteiger partial charge >= 0.3 is 0 Å². The number of rotatable bonds is 3. The number of benzene rings is 1. The molecule has 1 aromatic carbocycles. The number of hydrogen-bond donors (Lipinski definition) is 1. The Morgan fingerprint density at radius 2 is 2.29 bits per heavy atom. The van der Waals surface area contributed by atoms with Crippen molar-refractivity contribution >= 4 is 17.4 Å². The third-order valence-corrected chi connectivity index (χ3v) is 4.77. The van der Waals surface area contributed by atoms with E-state index in [1.165, 1.54) is 29.0 Å². The van der Waals surface area contributed by atoms with Gasteiger partial charge < -0.3 is 10.6 Å². The molecule has 0 spiro atoms. The van der Waals surface area contributed by atoms with Crippen LogP contribution in [0.1, 0.15) is 24.5 Å². The Kier molecular flexibility index (Phi) is 4.35. The molecule has 1 aromatic rings. The summed E-state index contributed by atoms with van der Waals surface area (Å²) in [6.45, 7) is 7.38. The van der Waals surface area contributed by atoms with Gasteiger partial charge in [-0.2, -0.15) is 11.8 Å². The van der Waals surface area contributed by atoms with Gasteiger partial charge in [0.05, 0.1) is 0 Å². The summed E-state index contributed by atoms with van der Waals surface area (Å²) in [4.78, 5) is 2.51. The van der Waals surface area contributed by atoms with Crippen LogP contribution in [0.15, 0.2) is 18.2 Å². The Balaban J connectivity index is 2.22. The highest BCUT2D eigenvalue weighted by atomic mass is 32.2. The molecule has 1 unspecified atom stereocenters. The molecular formula is C14H22N2S. The van der Waals surface area contributed by atoms with E-state index >= 15 is 0 Å². The average molecular weight is 250 g/mol. The second-order valence-corrected chi connectivity index (χ2v) is 6.09. The summed E-state index contributed by atoms with van der Waals surface area (Å²) in [5.74, 6) is 1.23. The molecule has 17 heavy (non-hydrogen) atoms. The van der Waals surface area contributed by atoms with Crippen molar-refractivity contribution in [1.82, 2.24) is 0 Å².